The lowest BCUT2D eigenvalue weighted by Crippen LogP contribution is -2.57. The van der Waals surface area contributed by atoms with Crippen molar-refractivity contribution in [1.82, 2.24) is 9.80 Å². The van der Waals surface area contributed by atoms with Gasteiger partial charge >= 0.3 is 12.2 Å². The molecule has 15 heavy (non-hydrogen) atoms. The molecule has 2 rings (SSSR count). The number of likely N-dealkylation sites (tertiary alicyclic amines) is 1. The van der Waals surface area contributed by atoms with Crippen LogP contribution < -0.4 is 0 Å². The molecule has 2 heterocycles. The third-order valence-corrected chi connectivity index (χ3v) is 3.04. The molecule has 2 saturated heterocycles. The van der Waals surface area contributed by atoms with Gasteiger partial charge in [-0.2, -0.15) is 0 Å². The SMILES string of the molecule is O=C(O)N1C[C@H]2C[C@H](O)[C@@H](C1)N2C(=O)O. The number of carbonyl (C=O) groups is 2. The Morgan fingerprint density at radius 1 is 1.13 bits per heavy atom. The van der Waals surface area contributed by atoms with Crippen LogP contribution in [0.2, 0.25) is 0 Å². The van der Waals surface area contributed by atoms with Crippen LogP contribution in [-0.4, -0.2) is 68.6 Å². The number of piperazine rings is 1. The van der Waals surface area contributed by atoms with Gasteiger partial charge in [-0.25, -0.2) is 9.59 Å². The first kappa shape index (κ1) is 10.0. The summed E-state index contributed by atoms with van der Waals surface area (Å²) in [6, 6.07) is -1.02. The second-order valence-electron chi connectivity index (χ2n) is 3.90. The maximum absolute atomic E-state index is 10.9. The fourth-order valence-electron chi connectivity index (χ4n) is 2.39. The standard InChI is InChI=1S/C8H12N2O5/c11-6-1-4-2-9(7(12)13)3-5(6)10(4)8(14)15/h4-6,11H,1-3H2,(H,12,13)(H,14,15)/t4-,5-,6+/m1/s1. The number of amides is 2. The molecule has 84 valence electrons. The van der Waals surface area contributed by atoms with E-state index in [-0.39, 0.29) is 13.1 Å². The van der Waals surface area contributed by atoms with Crippen LogP contribution in [-0.2, 0) is 0 Å². The summed E-state index contributed by atoms with van der Waals surface area (Å²) in [5.41, 5.74) is 0. The minimum atomic E-state index is -1.09. The minimum absolute atomic E-state index is 0.0549. The molecular formula is C8H12N2O5. The van der Waals surface area contributed by atoms with Gasteiger partial charge in [0.1, 0.15) is 0 Å². The molecular weight excluding hydrogens is 204 g/mol. The maximum atomic E-state index is 10.9. The topological polar surface area (TPSA) is 101 Å². The molecule has 2 aliphatic heterocycles. The summed E-state index contributed by atoms with van der Waals surface area (Å²) < 4.78 is 0. The Balaban J connectivity index is 2.18. The van der Waals surface area contributed by atoms with E-state index in [1.807, 2.05) is 0 Å². The van der Waals surface area contributed by atoms with E-state index in [1.54, 1.807) is 0 Å². The van der Waals surface area contributed by atoms with Crippen LogP contribution >= 0.6 is 0 Å². The lowest BCUT2D eigenvalue weighted by atomic mass is 10.2. The van der Waals surface area contributed by atoms with E-state index >= 15 is 0 Å². The fourth-order valence-corrected chi connectivity index (χ4v) is 2.39. The smallest absolute Gasteiger partial charge is 0.408 e. The number of aliphatic hydroxyl groups is 1. The van der Waals surface area contributed by atoms with Crippen LogP contribution in [0.25, 0.3) is 0 Å². The number of carboxylic acid groups (broad SMARTS) is 2. The molecule has 7 nitrogen and oxygen atoms in total. The summed E-state index contributed by atoms with van der Waals surface area (Å²) in [6.45, 7) is 0.203. The van der Waals surface area contributed by atoms with Crippen LogP contribution in [0.3, 0.4) is 0 Å². The summed E-state index contributed by atoms with van der Waals surface area (Å²) in [4.78, 5) is 23.9. The number of fused-ring (bicyclic) bond motifs is 2. The summed E-state index contributed by atoms with van der Waals surface area (Å²) in [6.07, 6.45) is -2.59. The Kier molecular flexibility index (Phi) is 2.18. The van der Waals surface area contributed by atoms with E-state index in [0.29, 0.717) is 6.42 Å². The number of hydrogen-bond donors (Lipinski definition) is 3. The molecule has 0 aliphatic carbocycles. The molecule has 2 amide bonds. The minimum Gasteiger partial charge on any atom is -0.465 e. The second-order valence-corrected chi connectivity index (χ2v) is 3.90. The fraction of sp³-hybridized carbons (Fsp3) is 0.750. The van der Waals surface area contributed by atoms with Crippen molar-refractivity contribution < 1.29 is 24.9 Å². The Morgan fingerprint density at radius 2 is 1.80 bits per heavy atom. The Hall–Kier alpha value is -1.50. The van der Waals surface area contributed by atoms with Gasteiger partial charge in [0.15, 0.2) is 0 Å². The maximum Gasteiger partial charge on any atom is 0.408 e. The second kappa shape index (κ2) is 3.27. The number of rotatable bonds is 0. The highest BCUT2D eigenvalue weighted by molar-refractivity contribution is 5.69. The van der Waals surface area contributed by atoms with Crippen LogP contribution in [0, 0.1) is 0 Å². The van der Waals surface area contributed by atoms with Crippen molar-refractivity contribution in [2.45, 2.75) is 24.6 Å². The molecule has 2 fully saturated rings. The molecule has 0 saturated carbocycles. The van der Waals surface area contributed by atoms with Crippen molar-refractivity contribution in [2.75, 3.05) is 13.1 Å². The average Bonchev–Trinajstić information content (AvgIpc) is 2.34. The van der Waals surface area contributed by atoms with Crippen molar-refractivity contribution in [2.24, 2.45) is 0 Å². The lowest BCUT2D eigenvalue weighted by Gasteiger charge is -2.38. The third kappa shape index (κ3) is 1.48. The summed E-state index contributed by atoms with van der Waals surface area (Å²) in [5.74, 6) is 0. The Morgan fingerprint density at radius 3 is 2.27 bits per heavy atom. The van der Waals surface area contributed by atoms with Crippen molar-refractivity contribution in [3.05, 3.63) is 0 Å². The van der Waals surface area contributed by atoms with Crippen LogP contribution in [0.15, 0.2) is 0 Å². The van der Waals surface area contributed by atoms with Crippen molar-refractivity contribution in [3.8, 4) is 0 Å². The molecule has 0 aromatic heterocycles. The van der Waals surface area contributed by atoms with Gasteiger partial charge in [-0.3, -0.25) is 4.90 Å². The molecule has 0 aromatic rings. The first-order chi connectivity index (χ1) is 7.00. The van der Waals surface area contributed by atoms with E-state index in [9.17, 15) is 14.7 Å². The molecule has 0 radical (unpaired) electrons. The van der Waals surface area contributed by atoms with Gasteiger partial charge in [0.25, 0.3) is 0 Å². The van der Waals surface area contributed by atoms with Gasteiger partial charge in [0.05, 0.1) is 18.2 Å². The number of aliphatic hydroxyl groups excluding tert-OH is 1. The molecule has 0 aromatic carbocycles. The van der Waals surface area contributed by atoms with Gasteiger partial charge in [-0.15, -0.1) is 0 Å². The molecule has 3 atom stereocenters. The van der Waals surface area contributed by atoms with E-state index in [2.05, 4.69) is 0 Å². The normalized spacial score (nSPS) is 34.3. The molecule has 0 spiro atoms. The van der Waals surface area contributed by atoms with Crippen LogP contribution in [0.1, 0.15) is 6.42 Å². The van der Waals surface area contributed by atoms with Gasteiger partial charge < -0.3 is 20.2 Å². The summed E-state index contributed by atoms with van der Waals surface area (Å²) in [7, 11) is 0. The predicted octanol–water partition coefficient (Wildman–Crippen LogP) is -0.538. The van der Waals surface area contributed by atoms with Gasteiger partial charge in [0.2, 0.25) is 0 Å². The van der Waals surface area contributed by atoms with E-state index < -0.39 is 30.4 Å². The Labute approximate surface area is 85.5 Å². The quantitative estimate of drug-likeness (QED) is 0.505. The predicted molar refractivity (Wildman–Crippen MR) is 47.7 cm³/mol. The van der Waals surface area contributed by atoms with E-state index in [1.165, 1.54) is 4.90 Å². The van der Waals surface area contributed by atoms with Crippen molar-refractivity contribution >= 4 is 12.2 Å². The van der Waals surface area contributed by atoms with E-state index in [0.717, 1.165) is 4.90 Å². The zero-order valence-corrected chi connectivity index (χ0v) is 7.91. The molecule has 2 bridgehead atoms. The van der Waals surface area contributed by atoms with Crippen LogP contribution in [0.4, 0.5) is 9.59 Å². The van der Waals surface area contributed by atoms with Crippen LogP contribution in [0.5, 0.6) is 0 Å². The largest absolute Gasteiger partial charge is 0.465 e. The van der Waals surface area contributed by atoms with Gasteiger partial charge in [0, 0.05) is 13.1 Å². The number of nitrogens with zero attached hydrogens (tertiary/aromatic N) is 2. The molecule has 7 heteroatoms. The highest BCUT2D eigenvalue weighted by Gasteiger charge is 2.49. The summed E-state index contributed by atoms with van der Waals surface area (Å²) in [5, 5.41) is 27.3. The summed E-state index contributed by atoms with van der Waals surface area (Å²) >= 11 is 0. The Bertz CT molecular complexity index is 307. The van der Waals surface area contributed by atoms with E-state index in [4.69, 9.17) is 10.2 Å². The van der Waals surface area contributed by atoms with Crippen molar-refractivity contribution in [1.29, 1.82) is 0 Å². The third-order valence-electron chi connectivity index (χ3n) is 3.04. The van der Waals surface area contributed by atoms with Gasteiger partial charge in [-0.05, 0) is 6.42 Å². The monoisotopic (exact) mass is 216 g/mol. The first-order valence-corrected chi connectivity index (χ1v) is 4.68. The average molecular weight is 216 g/mol. The number of hydrogen-bond acceptors (Lipinski definition) is 3. The van der Waals surface area contributed by atoms with Gasteiger partial charge in [-0.1, -0.05) is 0 Å². The first-order valence-electron chi connectivity index (χ1n) is 4.68. The lowest BCUT2D eigenvalue weighted by molar-refractivity contribution is 0.0396. The zero-order chi connectivity index (χ0) is 11.2. The molecule has 3 N–H and O–H groups in total. The molecule has 2 aliphatic rings. The zero-order valence-electron chi connectivity index (χ0n) is 7.91. The highest BCUT2D eigenvalue weighted by Crippen LogP contribution is 2.30. The highest BCUT2D eigenvalue weighted by atomic mass is 16.4. The van der Waals surface area contributed by atoms with Crippen molar-refractivity contribution in [3.63, 3.8) is 0 Å². The molecule has 0 unspecified atom stereocenters.